The van der Waals surface area contributed by atoms with Crippen molar-refractivity contribution in [1.82, 2.24) is 15.5 Å². The van der Waals surface area contributed by atoms with E-state index in [-0.39, 0.29) is 24.0 Å². The topological polar surface area (TPSA) is 48.9 Å². The second kappa shape index (κ2) is 13.0. The minimum Gasteiger partial charge on any atom is -0.489 e. The van der Waals surface area contributed by atoms with E-state index in [4.69, 9.17) is 9.73 Å². The van der Waals surface area contributed by atoms with Gasteiger partial charge in [0, 0.05) is 24.7 Å². The lowest BCUT2D eigenvalue weighted by atomic mass is 10.2. The number of aliphatic imine (C=N–C) groups is 1. The molecule has 0 bridgehead atoms. The Morgan fingerprint density at radius 1 is 1.35 bits per heavy atom. The fourth-order valence-electron chi connectivity index (χ4n) is 3.19. The zero-order valence-electron chi connectivity index (χ0n) is 16.0. The third kappa shape index (κ3) is 7.15. The van der Waals surface area contributed by atoms with Crippen LogP contribution in [0.5, 0.6) is 5.75 Å². The average molecular weight is 472 g/mol. The summed E-state index contributed by atoms with van der Waals surface area (Å²) in [6.45, 7) is 13.2. The summed E-state index contributed by atoms with van der Waals surface area (Å²) in [6.07, 6.45) is 4.31. The van der Waals surface area contributed by atoms with Gasteiger partial charge in [0.15, 0.2) is 5.96 Å². The second-order valence-corrected chi connectivity index (χ2v) is 6.21. The Morgan fingerprint density at radius 3 is 2.88 bits per heavy atom. The third-order valence-electron chi connectivity index (χ3n) is 4.49. The molecule has 1 atom stereocenters. The number of hydrogen-bond acceptors (Lipinski definition) is 3. The maximum atomic E-state index is 5.71. The van der Waals surface area contributed by atoms with Gasteiger partial charge in [-0.3, -0.25) is 4.90 Å². The Hall–Kier alpha value is -1.28. The number of guanidine groups is 1. The third-order valence-corrected chi connectivity index (χ3v) is 4.49. The SMILES string of the molecule is C=CCOc1ccccc1CN=C(NCC)NCC1CCCN1CC.I. The lowest BCUT2D eigenvalue weighted by Gasteiger charge is -2.24. The Morgan fingerprint density at radius 2 is 2.15 bits per heavy atom. The van der Waals surface area contributed by atoms with Gasteiger partial charge in [-0.1, -0.05) is 37.8 Å². The minimum absolute atomic E-state index is 0. The van der Waals surface area contributed by atoms with Gasteiger partial charge in [0.05, 0.1) is 6.54 Å². The molecule has 1 unspecified atom stereocenters. The van der Waals surface area contributed by atoms with Crippen LogP contribution >= 0.6 is 24.0 Å². The van der Waals surface area contributed by atoms with Crippen molar-refractivity contribution < 1.29 is 4.74 Å². The van der Waals surface area contributed by atoms with Gasteiger partial charge in [-0.05, 0) is 38.9 Å². The molecule has 6 heteroatoms. The molecule has 1 fully saturated rings. The van der Waals surface area contributed by atoms with E-state index in [9.17, 15) is 0 Å². The van der Waals surface area contributed by atoms with Crippen LogP contribution in [0.15, 0.2) is 41.9 Å². The van der Waals surface area contributed by atoms with Crippen molar-refractivity contribution in [3.63, 3.8) is 0 Å². The first-order chi connectivity index (χ1) is 12.3. The highest BCUT2D eigenvalue weighted by Gasteiger charge is 2.22. The normalized spacial score (nSPS) is 17.5. The van der Waals surface area contributed by atoms with E-state index in [1.165, 1.54) is 19.4 Å². The number of nitrogens with zero attached hydrogens (tertiary/aromatic N) is 2. The van der Waals surface area contributed by atoms with Crippen molar-refractivity contribution >= 4 is 29.9 Å². The first-order valence-corrected chi connectivity index (χ1v) is 9.36. The predicted molar refractivity (Wildman–Crippen MR) is 121 cm³/mol. The molecule has 1 heterocycles. The van der Waals surface area contributed by atoms with Gasteiger partial charge in [-0.15, -0.1) is 24.0 Å². The molecule has 5 nitrogen and oxygen atoms in total. The minimum atomic E-state index is 0. The quantitative estimate of drug-likeness (QED) is 0.250. The number of hydrogen-bond donors (Lipinski definition) is 2. The summed E-state index contributed by atoms with van der Waals surface area (Å²) in [4.78, 5) is 7.27. The standard InChI is InChI=1S/C20H32N4O.HI/c1-4-14-25-19-12-8-7-10-17(19)15-22-20(21-5-2)23-16-18-11-9-13-24(18)6-3;/h4,7-8,10,12,18H,1,5-6,9,11,13-16H2,2-3H3,(H2,21,22,23);1H. The Bertz CT molecular complexity index is 564. The molecule has 1 aromatic carbocycles. The summed E-state index contributed by atoms with van der Waals surface area (Å²) in [5, 5.41) is 6.84. The number of rotatable bonds is 9. The molecule has 1 saturated heterocycles. The van der Waals surface area contributed by atoms with Crippen LogP contribution in [0.3, 0.4) is 0 Å². The fraction of sp³-hybridized carbons (Fsp3) is 0.550. The van der Waals surface area contributed by atoms with E-state index < -0.39 is 0 Å². The maximum absolute atomic E-state index is 5.71. The molecule has 0 radical (unpaired) electrons. The fourth-order valence-corrected chi connectivity index (χ4v) is 3.19. The van der Waals surface area contributed by atoms with Crippen molar-refractivity contribution in [3.05, 3.63) is 42.5 Å². The monoisotopic (exact) mass is 472 g/mol. The molecule has 2 rings (SSSR count). The van der Waals surface area contributed by atoms with E-state index >= 15 is 0 Å². The number of ether oxygens (including phenoxy) is 1. The highest BCUT2D eigenvalue weighted by molar-refractivity contribution is 14.0. The molecular formula is C20H33IN4O. The number of nitrogens with one attached hydrogen (secondary N) is 2. The molecular weight excluding hydrogens is 439 g/mol. The molecule has 146 valence electrons. The van der Waals surface area contributed by atoms with Gasteiger partial charge in [-0.25, -0.2) is 4.99 Å². The van der Waals surface area contributed by atoms with Crippen LogP contribution in [0.25, 0.3) is 0 Å². The van der Waals surface area contributed by atoms with Crippen LogP contribution < -0.4 is 15.4 Å². The summed E-state index contributed by atoms with van der Waals surface area (Å²) in [5.41, 5.74) is 1.08. The van der Waals surface area contributed by atoms with Crippen molar-refractivity contribution in [2.24, 2.45) is 4.99 Å². The number of benzene rings is 1. The predicted octanol–water partition coefficient (Wildman–Crippen LogP) is 3.41. The molecule has 2 N–H and O–H groups in total. The summed E-state index contributed by atoms with van der Waals surface area (Å²) in [7, 11) is 0. The molecule has 0 amide bonds. The molecule has 0 aliphatic carbocycles. The van der Waals surface area contributed by atoms with E-state index in [0.29, 0.717) is 19.2 Å². The Labute approximate surface area is 175 Å². The lowest BCUT2D eigenvalue weighted by Crippen LogP contribution is -2.44. The highest BCUT2D eigenvalue weighted by atomic mass is 127. The van der Waals surface area contributed by atoms with Crippen LogP contribution in [0, 0.1) is 0 Å². The summed E-state index contributed by atoms with van der Waals surface area (Å²) < 4.78 is 5.71. The second-order valence-electron chi connectivity index (χ2n) is 6.21. The van der Waals surface area contributed by atoms with Crippen LogP contribution in [0.4, 0.5) is 0 Å². The van der Waals surface area contributed by atoms with Crippen molar-refractivity contribution in [2.75, 3.05) is 32.8 Å². The number of likely N-dealkylation sites (tertiary alicyclic amines) is 1. The van der Waals surface area contributed by atoms with Gasteiger partial charge < -0.3 is 15.4 Å². The molecule has 26 heavy (non-hydrogen) atoms. The molecule has 0 spiro atoms. The highest BCUT2D eigenvalue weighted by Crippen LogP contribution is 2.19. The first-order valence-electron chi connectivity index (χ1n) is 9.36. The van der Waals surface area contributed by atoms with Crippen LogP contribution in [0.1, 0.15) is 32.3 Å². The van der Waals surface area contributed by atoms with Gasteiger partial charge in [0.25, 0.3) is 0 Å². The van der Waals surface area contributed by atoms with Gasteiger partial charge in [-0.2, -0.15) is 0 Å². The first kappa shape index (κ1) is 22.8. The summed E-state index contributed by atoms with van der Waals surface area (Å²) >= 11 is 0. The summed E-state index contributed by atoms with van der Waals surface area (Å²) in [5.74, 6) is 1.74. The van der Waals surface area contributed by atoms with Gasteiger partial charge in [0.1, 0.15) is 12.4 Å². The largest absolute Gasteiger partial charge is 0.489 e. The average Bonchev–Trinajstić information content (AvgIpc) is 3.10. The Kier molecular flexibility index (Phi) is 11.4. The van der Waals surface area contributed by atoms with Crippen molar-refractivity contribution in [1.29, 1.82) is 0 Å². The maximum Gasteiger partial charge on any atom is 0.191 e. The zero-order valence-corrected chi connectivity index (χ0v) is 18.4. The summed E-state index contributed by atoms with van der Waals surface area (Å²) in [6, 6.07) is 8.64. The number of likely N-dealkylation sites (N-methyl/N-ethyl adjacent to an activating group) is 1. The van der Waals surface area contributed by atoms with E-state index in [1.54, 1.807) is 6.08 Å². The van der Waals surface area contributed by atoms with Crippen LogP contribution in [0.2, 0.25) is 0 Å². The van der Waals surface area contributed by atoms with Gasteiger partial charge in [0.2, 0.25) is 0 Å². The van der Waals surface area contributed by atoms with E-state index in [0.717, 1.165) is 36.9 Å². The molecule has 1 aliphatic heterocycles. The Balaban J connectivity index is 0.00000338. The van der Waals surface area contributed by atoms with Gasteiger partial charge >= 0.3 is 0 Å². The molecule has 1 aliphatic rings. The van der Waals surface area contributed by atoms with Crippen LogP contribution in [-0.4, -0.2) is 49.7 Å². The molecule has 0 aromatic heterocycles. The van der Waals surface area contributed by atoms with Crippen LogP contribution in [-0.2, 0) is 6.54 Å². The van der Waals surface area contributed by atoms with Crippen molar-refractivity contribution in [2.45, 2.75) is 39.3 Å². The smallest absolute Gasteiger partial charge is 0.191 e. The van der Waals surface area contributed by atoms with Crippen molar-refractivity contribution in [3.8, 4) is 5.75 Å². The van der Waals surface area contributed by atoms with E-state index in [1.807, 2.05) is 18.2 Å². The number of halogens is 1. The molecule has 0 saturated carbocycles. The molecule has 1 aromatic rings. The zero-order chi connectivity index (χ0) is 17.9. The lowest BCUT2D eigenvalue weighted by molar-refractivity contribution is 0.267. The number of para-hydroxylation sites is 1. The van der Waals surface area contributed by atoms with E-state index in [2.05, 4.69) is 42.0 Å².